The Morgan fingerprint density at radius 3 is 2.44 bits per heavy atom. The lowest BCUT2D eigenvalue weighted by Gasteiger charge is -2.29. The van der Waals surface area contributed by atoms with Gasteiger partial charge in [0, 0.05) is 6.42 Å². The third-order valence-electron chi connectivity index (χ3n) is 1.73. The zero-order valence-corrected chi connectivity index (χ0v) is 9.64. The van der Waals surface area contributed by atoms with Gasteiger partial charge in [-0.15, -0.1) is 0 Å². The van der Waals surface area contributed by atoms with Gasteiger partial charge in [-0.05, 0) is 6.42 Å². The second-order valence-electron chi connectivity index (χ2n) is 3.15. The molecule has 0 aromatic heterocycles. The Labute approximate surface area is 92.7 Å². The molecule has 0 bridgehead atoms. The molecular formula is C8H13O7P-2. The van der Waals surface area contributed by atoms with Gasteiger partial charge in [-0.2, -0.15) is 0 Å². The second kappa shape index (κ2) is 6.88. The van der Waals surface area contributed by atoms with Crippen molar-refractivity contribution in [1.29, 1.82) is 0 Å². The summed E-state index contributed by atoms with van der Waals surface area (Å²) in [5.41, 5.74) is 0. The van der Waals surface area contributed by atoms with Crippen LogP contribution < -0.4 is 9.79 Å². The lowest BCUT2D eigenvalue weighted by atomic mass is 10.1. The molecule has 94 valence electrons. The van der Waals surface area contributed by atoms with E-state index in [2.05, 4.69) is 4.52 Å². The Hall–Kier alpha value is -0.590. The molecular weight excluding hydrogens is 239 g/mol. The van der Waals surface area contributed by atoms with Crippen LogP contribution in [0.1, 0.15) is 26.2 Å². The summed E-state index contributed by atoms with van der Waals surface area (Å²) in [6.45, 7) is 0.809. The first-order valence-electron chi connectivity index (χ1n) is 4.69. The Bertz CT molecular complexity index is 295. The third kappa shape index (κ3) is 6.81. The predicted octanol–water partition coefficient (Wildman–Crippen LogP) is -1.48. The molecule has 0 aliphatic heterocycles. The molecule has 0 fully saturated rings. The van der Waals surface area contributed by atoms with E-state index >= 15 is 0 Å². The molecule has 0 aromatic carbocycles. The molecule has 8 heteroatoms. The van der Waals surface area contributed by atoms with Gasteiger partial charge in [0.2, 0.25) is 11.6 Å². The van der Waals surface area contributed by atoms with E-state index in [0.29, 0.717) is 12.8 Å². The summed E-state index contributed by atoms with van der Waals surface area (Å²) in [7, 11) is -5.23. The lowest BCUT2D eigenvalue weighted by molar-refractivity contribution is -0.342. The molecule has 0 spiro atoms. The number of Topliss-reactive ketones (excluding diaryl/α,β-unsaturated/α-hetero) is 2. The zero-order chi connectivity index (χ0) is 12.8. The number of hydrogen-bond acceptors (Lipinski definition) is 7. The highest BCUT2D eigenvalue weighted by Crippen LogP contribution is 2.24. The van der Waals surface area contributed by atoms with Crippen LogP contribution in [0.2, 0.25) is 0 Å². The number of carbonyl (C=O) groups excluding carboxylic acids is 2. The molecule has 0 saturated carbocycles. The van der Waals surface area contributed by atoms with Gasteiger partial charge in [0.05, 0.1) is 14.4 Å². The van der Waals surface area contributed by atoms with Gasteiger partial charge < -0.3 is 24.0 Å². The summed E-state index contributed by atoms with van der Waals surface area (Å²) in [6.07, 6.45) is -0.707. The summed E-state index contributed by atoms with van der Waals surface area (Å²) < 4.78 is 13.7. The molecule has 0 aliphatic carbocycles. The fourth-order valence-corrected chi connectivity index (χ4v) is 1.21. The summed E-state index contributed by atoms with van der Waals surface area (Å²) in [6, 6.07) is 0. The molecule has 0 aliphatic rings. The molecule has 0 aromatic rings. The van der Waals surface area contributed by atoms with E-state index in [0.717, 1.165) is 0 Å². The van der Waals surface area contributed by atoms with Crippen LogP contribution in [0, 0.1) is 0 Å². The van der Waals surface area contributed by atoms with Gasteiger partial charge in [-0.1, -0.05) is 13.3 Å². The van der Waals surface area contributed by atoms with E-state index in [1.165, 1.54) is 0 Å². The van der Waals surface area contributed by atoms with E-state index in [-0.39, 0.29) is 6.42 Å². The highest BCUT2D eigenvalue weighted by atomic mass is 31.2. The van der Waals surface area contributed by atoms with Crippen LogP contribution in [-0.4, -0.2) is 29.4 Å². The normalized spacial score (nSPS) is 13.5. The van der Waals surface area contributed by atoms with Crippen molar-refractivity contribution in [3.63, 3.8) is 0 Å². The maximum absolute atomic E-state index is 11.1. The van der Waals surface area contributed by atoms with E-state index in [1.54, 1.807) is 0 Å². The van der Waals surface area contributed by atoms with Crippen molar-refractivity contribution in [2.45, 2.75) is 32.3 Å². The number of ketones is 2. The van der Waals surface area contributed by atoms with Crippen LogP contribution in [0.5, 0.6) is 0 Å². The van der Waals surface area contributed by atoms with Crippen LogP contribution in [0.15, 0.2) is 0 Å². The van der Waals surface area contributed by atoms with Crippen LogP contribution in [-0.2, 0) is 18.7 Å². The van der Waals surface area contributed by atoms with Gasteiger partial charge in [-0.3, -0.25) is 9.59 Å². The maximum atomic E-state index is 11.1. The van der Waals surface area contributed by atoms with E-state index in [4.69, 9.17) is 5.11 Å². The summed E-state index contributed by atoms with van der Waals surface area (Å²) >= 11 is 0. The Morgan fingerprint density at radius 1 is 1.44 bits per heavy atom. The molecule has 0 saturated heterocycles. The van der Waals surface area contributed by atoms with Crippen molar-refractivity contribution < 1.29 is 33.6 Å². The van der Waals surface area contributed by atoms with Crippen LogP contribution in [0.25, 0.3) is 0 Å². The minimum atomic E-state index is -5.23. The summed E-state index contributed by atoms with van der Waals surface area (Å²) in [4.78, 5) is 42.3. The van der Waals surface area contributed by atoms with Crippen molar-refractivity contribution in [2.75, 3.05) is 6.61 Å². The number of phosphoric ester groups is 1. The van der Waals surface area contributed by atoms with Crippen LogP contribution >= 0.6 is 7.82 Å². The molecule has 0 heterocycles. The number of aliphatic hydroxyl groups is 1. The SMILES string of the molecule is CCCCC(=O)C(=O)C(O)COP(=O)([O-])[O-]. The average Bonchev–Trinajstić information content (AvgIpc) is 2.20. The highest BCUT2D eigenvalue weighted by Gasteiger charge is 2.22. The molecule has 1 unspecified atom stereocenters. The Balaban J connectivity index is 4.08. The maximum Gasteiger partial charge on any atom is 0.229 e. The number of unbranched alkanes of at least 4 members (excludes halogenated alkanes) is 1. The fraction of sp³-hybridized carbons (Fsp3) is 0.750. The summed E-state index contributed by atoms with van der Waals surface area (Å²) in [5.74, 6) is -1.94. The molecule has 1 N–H and O–H groups in total. The van der Waals surface area contributed by atoms with Crippen molar-refractivity contribution in [3.05, 3.63) is 0 Å². The first-order chi connectivity index (χ1) is 7.28. The minimum Gasteiger partial charge on any atom is -0.790 e. The standard InChI is InChI=1S/C8H15O7P/c1-2-3-4-6(9)8(11)7(10)5-15-16(12,13)14/h7,10H,2-5H2,1H3,(H2,12,13,14)/p-2. The molecule has 1 atom stereocenters. The monoisotopic (exact) mass is 252 g/mol. The average molecular weight is 252 g/mol. The topological polar surface area (TPSA) is 127 Å². The Kier molecular flexibility index (Phi) is 6.62. The van der Waals surface area contributed by atoms with Gasteiger partial charge in [0.25, 0.3) is 0 Å². The lowest BCUT2D eigenvalue weighted by Crippen LogP contribution is -2.33. The second-order valence-corrected chi connectivity index (χ2v) is 4.30. The number of carbonyl (C=O) groups is 2. The van der Waals surface area contributed by atoms with Gasteiger partial charge in [-0.25, -0.2) is 0 Å². The largest absolute Gasteiger partial charge is 0.790 e. The number of hydrogen-bond donors (Lipinski definition) is 1. The quantitative estimate of drug-likeness (QED) is 0.412. The fourth-order valence-electron chi connectivity index (χ4n) is 0.884. The molecule has 7 nitrogen and oxygen atoms in total. The first-order valence-corrected chi connectivity index (χ1v) is 6.15. The Morgan fingerprint density at radius 2 is 2.00 bits per heavy atom. The predicted molar refractivity (Wildman–Crippen MR) is 49.1 cm³/mol. The van der Waals surface area contributed by atoms with Gasteiger partial charge in [0.1, 0.15) is 6.10 Å². The van der Waals surface area contributed by atoms with Gasteiger partial charge >= 0.3 is 0 Å². The number of aliphatic hydroxyl groups excluding tert-OH is 1. The van der Waals surface area contributed by atoms with E-state index in [9.17, 15) is 23.9 Å². The van der Waals surface area contributed by atoms with Crippen molar-refractivity contribution >= 4 is 19.4 Å². The number of phosphoric acid groups is 1. The zero-order valence-electron chi connectivity index (χ0n) is 8.75. The van der Waals surface area contributed by atoms with E-state index < -0.39 is 32.1 Å². The highest BCUT2D eigenvalue weighted by molar-refractivity contribution is 7.43. The summed E-state index contributed by atoms with van der Waals surface area (Å²) in [5, 5.41) is 9.06. The van der Waals surface area contributed by atoms with Crippen LogP contribution in [0.3, 0.4) is 0 Å². The van der Waals surface area contributed by atoms with Crippen molar-refractivity contribution in [1.82, 2.24) is 0 Å². The first kappa shape index (κ1) is 15.4. The van der Waals surface area contributed by atoms with Gasteiger partial charge in [0.15, 0.2) is 0 Å². The smallest absolute Gasteiger partial charge is 0.229 e. The van der Waals surface area contributed by atoms with Crippen molar-refractivity contribution in [2.24, 2.45) is 0 Å². The molecule has 16 heavy (non-hydrogen) atoms. The molecule has 0 rings (SSSR count). The molecule has 0 amide bonds. The van der Waals surface area contributed by atoms with Crippen molar-refractivity contribution in [3.8, 4) is 0 Å². The van der Waals surface area contributed by atoms with E-state index in [1.807, 2.05) is 6.92 Å². The minimum absolute atomic E-state index is 0.0151. The van der Waals surface area contributed by atoms with Crippen LogP contribution in [0.4, 0.5) is 0 Å². The third-order valence-corrected chi connectivity index (χ3v) is 2.19. The number of rotatable bonds is 8. The molecule has 0 radical (unpaired) electrons.